The zero-order valence-corrected chi connectivity index (χ0v) is 14.7. The van der Waals surface area contributed by atoms with E-state index in [1.54, 1.807) is 31.4 Å². The maximum Gasteiger partial charge on any atom is 0.338 e. The number of thioether (sulfide) groups is 1. The number of alkyl halides is 2. The summed E-state index contributed by atoms with van der Waals surface area (Å²) in [5.41, 5.74) is 1.66. The lowest BCUT2D eigenvalue weighted by Crippen LogP contribution is -2.20. The minimum Gasteiger partial charge on any atom is -0.452 e. The molecule has 0 aromatic heterocycles. The molecule has 138 valence electrons. The highest BCUT2D eigenvalue weighted by molar-refractivity contribution is 7.99. The largest absolute Gasteiger partial charge is 0.452 e. The van der Waals surface area contributed by atoms with E-state index < -0.39 is 24.2 Å². The third-order valence-corrected chi connectivity index (χ3v) is 3.92. The molecule has 0 heterocycles. The van der Waals surface area contributed by atoms with Crippen LogP contribution in [-0.4, -0.2) is 31.4 Å². The molecule has 5 nitrogen and oxygen atoms in total. The number of hydrogen-bond acceptors (Lipinski definition) is 5. The van der Waals surface area contributed by atoms with Crippen molar-refractivity contribution in [3.8, 4) is 0 Å². The van der Waals surface area contributed by atoms with E-state index >= 15 is 0 Å². The summed E-state index contributed by atoms with van der Waals surface area (Å²) >= 11 is 0.419. The van der Waals surface area contributed by atoms with Crippen LogP contribution >= 0.6 is 11.8 Å². The van der Waals surface area contributed by atoms with E-state index in [1.165, 1.54) is 24.3 Å². The van der Waals surface area contributed by atoms with Gasteiger partial charge in [-0.2, -0.15) is 8.78 Å². The van der Waals surface area contributed by atoms with E-state index in [2.05, 4.69) is 5.32 Å². The van der Waals surface area contributed by atoms with Gasteiger partial charge in [0.25, 0.3) is 11.7 Å². The Morgan fingerprint density at radius 1 is 1.08 bits per heavy atom. The zero-order valence-electron chi connectivity index (χ0n) is 13.9. The zero-order chi connectivity index (χ0) is 18.9. The Kier molecular flexibility index (Phi) is 7.55. The summed E-state index contributed by atoms with van der Waals surface area (Å²) in [6.07, 6.45) is 0. The number of carbonyl (C=O) groups is 2. The van der Waals surface area contributed by atoms with Crippen LogP contribution in [0.2, 0.25) is 0 Å². The quantitative estimate of drug-likeness (QED) is 0.554. The first-order chi connectivity index (χ1) is 12.5. The van der Waals surface area contributed by atoms with Crippen LogP contribution in [0.25, 0.3) is 0 Å². The molecule has 0 spiro atoms. The van der Waals surface area contributed by atoms with E-state index in [0.29, 0.717) is 34.5 Å². The number of halogens is 2. The first kappa shape index (κ1) is 19.9. The van der Waals surface area contributed by atoms with Crippen molar-refractivity contribution in [3.05, 3.63) is 59.7 Å². The van der Waals surface area contributed by atoms with Gasteiger partial charge in [0, 0.05) is 17.7 Å². The molecule has 0 aliphatic rings. The summed E-state index contributed by atoms with van der Waals surface area (Å²) in [6, 6.07) is 12.6. The van der Waals surface area contributed by atoms with Gasteiger partial charge >= 0.3 is 5.97 Å². The third-order valence-electron chi connectivity index (χ3n) is 3.20. The fourth-order valence-corrected chi connectivity index (χ4v) is 2.53. The Balaban J connectivity index is 1.81. The highest BCUT2D eigenvalue weighted by atomic mass is 32.2. The number of methoxy groups -OCH3 is 1. The molecule has 2 rings (SSSR count). The highest BCUT2D eigenvalue weighted by Gasteiger charge is 2.11. The predicted octanol–water partition coefficient (Wildman–Crippen LogP) is 3.94. The number of hydrogen-bond donors (Lipinski definition) is 1. The number of esters is 1. The Bertz CT molecular complexity index is 736. The summed E-state index contributed by atoms with van der Waals surface area (Å²) in [5.74, 6) is -3.64. The van der Waals surface area contributed by atoms with Crippen molar-refractivity contribution in [2.75, 3.05) is 19.0 Å². The molecule has 0 atom stereocenters. The van der Waals surface area contributed by atoms with Crippen molar-refractivity contribution in [1.82, 2.24) is 0 Å². The molecule has 26 heavy (non-hydrogen) atoms. The van der Waals surface area contributed by atoms with Crippen LogP contribution in [0.3, 0.4) is 0 Å². The van der Waals surface area contributed by atoms with Crippen molar-refractivity contribution in [1.29, 1.82) is 0 Å². The summed E-state index contributed by atoms with van der Waals surface area (Å²) in [7, 11) is 1.58. The second kappa shape index (κ2) is 9.88. The van der Waals surface area contributed by atoms with Gasteiger partial charge < -0.3 is 14.8 Å². The molecule has 1 amide bonds. The molecule has 0 bridgehead atoms. The van der Waals surface area contributed by atoms with Gasteiger partial charge in [-0.15, -0.1) is 0 Å². The van der Waals surface area contributed by atoms with Crippen molar-refractivity contribution in [2.45, 2.75) is 17.3 Å². The van der Waals surface area contributed by atoms with Crippen LogP contribution in [-0.2, 0) is 20.9 Å². The lowest BCUT2D eigenvalue weighted by molar-refractivity contribution is -0.119. The van der Waals surface area contributed by atoms with E-state index in [-0.39, 0.29) is 0 Å². The van der Waals surface area contributed by atoms with Gasteiger partial charge in [0.1, 0.15) is 0 Å². The summed E-state index contributed by atoms with van der Waals surface area (Å²) in [6.45, 7) is -0.0153. The van der Waals surface area contributed by atoms with Crippen molar-refractivity contribution in [3.63, 3.8) is 0 Å². The van der Waals surface area contributed by atoms with Crippen molar-refractivity contribution >= 4 is 29.3 Å². The summed E-state index contributed by atoms with van der Waals surface area (Å²) in [4.78, 5) is 24.1. The molecule has 0 fully saturated rings. The van der Waals surface area contributed by atoms with E-state index in [1.807, 2.05) is 0 Å². The normalized spacial score (nSPS) is 10.6. The first-order valence-corrected chi connectivity index (χ1v) is 8.45. The Labute approximate surface area is 153 Å². The van der Waals surface area contributed by atoms with Gasteiger partial charge in [-0.05, 0) is 42.0 Å². The topological polar surface area (TPSA) is 64.6 Å². The second-order valence-corrected chi connectivity index (χ2v) is 6.22. The maximum atomic E-state index is 12.2. The molecule has 0 radical (unpaired) electrons. The van der Waals surface area contributed by atoms with Gasteiger partial charge in [-0.25, -0.2) is 4.79 Å². The van der Waals surface area contributed by atoms with Crippen LogP contribution in [0, 0.1) is 0 Å². The highest BCUT2D eigenvalue weighted by Crippen LogP contribution is 2.26. The van der Waals surface area contributed by atoms with Crippen LogP contribution in [0.5, 0.6) is 0 Å². The number of carbonyl (C=O) groups excluding carboxylic acids is 2. The molecule has 2 aromatic rings. The van der Waals surface area contributed by atoms with E-state index in [9.17, 15) is 18.4 Å². The number of anilines is 1. The van der Waals surface area contributed by atoms with Gasteiger partial charge in [0.2, 0.25) is 0 Å². The molecule has 0 aliphatic heterocycles. The van der Waals surface area contributed by atoms with E-state index in [4.69, 9.17) is 9.47 Å². The molecule has 0 saturated carbocycles. The summed E-state index contributed by atoms with van der Waals surface area (Å²) < 4.78 is 34.4. The molecule has 0 unspecified atom stereocenters. The van der Waals surface area contributed by atoms with Crippen molar-refractivity contribution < 1.29 is 27.8 Å². The van der Waals surface area contributed by atoms with Gasteiger partial charge in [-0.1, -0.05) is 23.9 Å². The average molecular weight is 381 g/mol. The Morgan fingerprint density at radius 3 is 2.31 bits per heavy atom. The first-order valence-electron chi connectivity index (χ1n) is 7.57. The lowest BCUT2D eigenvalue weighted by atomic mass is 10.1. The number of benzene rings is 2. The second-order valence-electron chi connectivity index (χ2n) is 5.16. The predicted molar refractivity (Wildman–Crippen MR) is 94.4 cm³/mol. The number of amides is 1. The smallest absolute Gasteiger partial charge is 0.338 e. The van der Waals surface area contributed by atoms with Crippen LogP contribution in [0.1, 0.15) is 15.9 Å². The lowest BCUT2D eigenvalue weighted by Gasteiger charge is -2.08. The van der Waals surface area contributed by atoms with Crippen LogP contribution < -0.4 is 5.32 Å². The van der Waals surface area contributed by atoms with E-state index in [0.717, 1.165) is 5.56 Å². The molecule has 1 N–H and O–H groups in total. The van der Waals surface area contributed by atoms with Crippen LogP contribution in [0.15, 0.2) is 53.4 Å². The number of ether oxygens (including phenoxy) is 2. The molecule has 8 heteroatoms. The van der Waals surface area contributed by atoms with Crippen molar-refractivity contribution in [2.24, 2.45) is 0 Å². The third kappa shape index (κ3) is 6.45. The summed E-state index contributed by atoms with van der Waals surface area (Å²) in [5, 5.41) is 2.53. The molecule has 0 aliphatic carbocycles. The van der Waals surface area contributed by atoms with Gasteiger partial charge in [-0.3, -0.25) is 4.79 Å². The van der Waals surface area contributed by atoms with Gasteiger partial charge in [0.05, 0.1) is 12.2 Å². The number of nitrogens with one attached hydrogen (secondary N) is 1. The monoisotopic (exact) mass is 381 g/mol. The fourth-order valence-electron chi connectivity index (χ4n) is 2.03. The number of rotatable bonds is 8. The standard InChI is InChI=1S/C18H17F2NO4S/c1-24-10-12-2-4-13(5-3-12)17(23)25-11-16(22)21-14-6-8-15(9-7-14)26-18(19)20/h2-9,18H,10-11H2,1H3,(H,21,22). The molecule has 0 saturated heterocycles. The Hall–Kier alpha value is -2.45. The SMILES string of the molecule is COCc1ccc(C(=O)OCC(=O)Nc2ccc(SC(F)F)cc2)cc1. The Morgan fingerprint density at radius 2 is 1.73 bits per heavy atom. The van der Waals surface area contributed by atoms with Crippen LogP contribution in [0.4, 0.5) is 14.5 Å². The molecular weight excluding hydrogens is 364 g/mol. The molecular formula is C18H17F2NO4S. The van der Waals surface area contributed by atoms with Gasteiger partial charge in [0.15, 0.2) is 6.61 Å². The maximum absolute atomic E-state index is 12.2. The minimum absolute atomic E-state index is 0.325. The minimum atomic E-state index is -2.50. The fraction of sp³-hybridized carbons (Fsp3) is 0.222. The molecule has 2 aromatic carbocycles. The average Bonchev–Trinajstić information content (AvgIpc) is 2.62.